The number of benzene rings is 2. The fraction of sp³-hybridized carbons (Fsp3) is 0.263. The van der Waals surface area contributed by atoms with Crippen molar-refractivity contribution in [1.29, 1.82) is 0 Å². The van der Waals surface area contributed by atoms with Crippen molar-refractivity contribution in [2.24, 2.45) is 0 Å². The second-order valence-electron chi connectivity index (χ2n) is 5.79. The summed E-state index contributed by atoms with van der Waals surface area (Å²) < 4.78 is 18.7. The van der Waals surface area contributed by atoms with Gasteiger partial charge in [0, 0.05) is 0 Å². The van der Waals surface area contributed by atoms with E-state index in [1.807, 2.05) is 12.1 Å². The van der Waals surface area contributed by atoms with Crippen LogP contribution in [0, 0.1) is 5.82 Å². The van der Waals surface area contributed by atoms with E-state index in [1.54, 1.807) is 18.2 Å². The number of nitrogens with one attached hydrogen (secondary N) is 1. The molecule has 2 aromatic carbocycles. The van der Waals surface area contributed by atoms with Crippen LogP contribution < -0.4 is 5.32 Å². The zero-order chi connectivity index (χ0) is 17.7. The highest BCUT2D eigenvalue weighted by Crippen LogP contribution is 2.16. The van der Waals surface area contributed by atoms with Crippen LogP contribution in [0.4, 0.5) is 10.1 Å². The molecular formula is C19H20FNO3. The summed E-state index contributed by atoms with van der Waals surface area (Å²) in [6, 6.07) is 12.8. The zero-order valence-corrected chi connectivity index (χ0v) is 13.9. The van der Waals surface area contributed by atoms with E-state index >= 15 is 0 Å². The van der Waals surface area contributed by atoms with Crippen molar-refractivity contribution in [1.82, 2.24) is 0 Å². The van der Waals surface area contributed by atoms with Gasteiger partial charge in [0.1, 0.15) is 5.82 Å². The molecule has 2 aromatic rings. The molecule has 0 aliphatic carbocycles. The van der Waals surface area contributed by atoms with Crippen molar-refractivity contribution in [2.75, 3.05) is 5.32 Å². The molecule has 0 aromatic heterocycles. The van der Waals surface area contributed by atoms with Gasteiger partial charge in [0.15, 0.2) is 6.10 Å². The van der Waals surface area contributed by atoms with Crippen molar-refractivity contribution in [3.63, 3.8) is 0 Å². The number of halogens is 1. The Kier molecular flexibility index (Phi) is 5.68. The molecule has 0 aliphatic heterocycles. The van der Waals surface area contributed by atoms with Gasteiger partial charge >= 0.3 is 5.97 Å². The fourth-order valence-electron chi connectivity index (χ4n) is 2.08. The first kappa shape index (κ1) is 17.7. The number of carbonyl (C=O) groups is 2. The lowest BCUT2D eigenvalue weighted by atomic mass is 10.0. The second kappa shape index (κ2) is 7.73. The molecule has 4 nitrogen and oxygen atoms in total. The van der Waals surface area contributed by atoms with Gasteiger partial charge in [0.05, 0.1) is 11.3 Å². The molecule has 0 heterocycles. The minimum atomic E-state index is -1.04. The number of amides is 1. The average Bonchev–Trinajstić information content (AvgIpc) is 2.56. The van der Waals surface area contributed by atoms with Crippen LogP contribution in [0.15, 0.2) is 48.5 Å². The SMILES string of the molecule is CC(C)c1ccc(C(=O)O[C@H](C)C(=O)Nc2ccccc2F)cc1. The Balaban J connectivity index is 1.98. The highest BCUT2D eigenvalue weighted by molar-refractivity contribution is 5.97. The van der Waals surface area contributed by atoms with Crippen LogP contribution in [0.3, 0.4) is 0 Å². The van der Waals surface area contributed by atoms with Gasteiger partial charge in [-0.1, -0.05) is 38.1 Å². The van der Waals surface area contributed by atoms with E-state index in [4.69, 9.17) is 4.74 Å². The molecule has 24 heavy (non-hydrogen) atoms. The molecule has 0 spiro atoms. The summed E-state index contributed by atoms with van der Waals surface area (Å²) in [6.07, 6.45) is -1.04. The number of carbonyl (C=O) groups excluding carboxylic acids is 2. The second-order valence-corrected chi connectivity index (χ2v) is 5.79. The Morgan fingerprint density at radius 2 is 1.62 bits per heavy atom. The van der Waals surface area contributed by atoms with Crippen molar-refractivity contribution in [3.05, 3.63) is 65.5 Å². The van der Waals surface area contributed by atoms with E-state index < -0.39 is 23.8 Å². The lowest BCUT2D eigenvalue weighted by molar-refractivity contribution is -0.123. The first-order valence-electron chi connectivity index (χ1n) is 7.75. The van der Waals surface area contributed by atoms with Crippen molar-refractivity contribution in [2.45, 2.75) is 32.8 Å². The first-order chi connectivity index (χ1) is 11.4. The van der Waals surface area contributed by atoms with E-state index in [2.05, 4.69) is 19.2 Å². The Morgan fingerprint density at radius 1 is 1.00 bits per heavy atom. The zero-order valence-electron chi connectivity index (χ0n) is 13.9. The lowest BCUT2D eigenvalue weighted by Crippen LogP contribution is -2.30. The fourth-order valence-corrected chi connectivity index (χ4v) is 2.08. The predicted molar refractivity (Wildman–Crippen MR) is 90.4 cm³/mol. The number of rotatable bonds is 5. The first-order valence-corrected chi connectivity index (χ1v) is 7.75. The molecular weight excluding hydrogens is 309 g/mol. The minimum absolute atomic E-state index is 0.0479. The topological polar surface area (TPSA) is 55.4 Å². The molecule has 1 atom stereocenters. The van der Waals surface area contributed by atoms with Gasteiger partial charge in [-0.2, -0.15) is 0 Å². The number of para-hydroxylation sites is 1. The monoisotopic (exact) mass is 329 g/mol. The standard InChI is InChI=1S/C19H20FNO3/c1-12(2)14-8-10-15(11-9-14)19(23)24-13(3)18(22)21-17-7-5-4-6-16(17)20/h4-13H,1-3H3,(H,21,22)/t13-/m1/s1. The molecule has 0 radical (unpaired) electrons. The average molecular weight is 329 g/mol. The van der Waals surface area contributed by atoms with Gasteiger partial charge < -0.3 is 10.1 Å². The summed E-state index contributed by atoms with van der Waals surface area (Å²) in [4.78, 5) is 24.1. The summed E-state index contributed by atoms with van der Waals surface area (Å²) in [6.45, 7) is 5.56. The van der Waals surface area contributed by atoms with Gasteiger partial charge in [0.2, 0.25) is 0 Å². The predicted octanol–water partition coefficient (Wildman–Crippen LogP) is 4.13. The summed E-state index contributed by atoms with van der Waals surface area (Å²) >= 11 is 0. The number of anilines is 1. The molecule has 0 fully saturated rings. The highest BCUT2D eigenvalue weighted by Gasteiger charge is 2.20. The van der Waals surface area contributed by atoms with Crippen LogP contribution in [0.2, 0.25) is 0 Å². The molecule has 0 saturated carbocycles. The van der Waals surface area contributed by atoms with E-state index in [-0.39, 0.29) is 5.69 Å². The van der Waals surface area contributed by atoms with E-state index in [9.17, 15) is 14.0 Å². The normalized spacial score (nSPS) is 11.9. The van der Waals surface area contributed by atoms with Gasteiger partial charge in [0.25, 0.3) is 5.91 Å². The van der Waals surface area contributed by atoms with Crippen LogP contribution >= 0.6 is 0 Å². The quantitative estimate of drug-likeness (QED) is 0.839. The van der Waals surface area contributed by atoms with Crippen molar-refractivity contribution in [3.8, 4) is 0 Å². The largest absolute Gasteiger partial charge is 0.449 e. The molecule has 5 heteroatoms. The summed E-state index contributed by atoms with van der Waals surface area (Å²) in [5.74, 6) is -1.37. The summed E-state index contributed by atoms with van der Waals surface area (Å²) in [7, 11) is 0. The van der Waals surface area contributed by atoms with Crippen LogP contribution in [0.25, 0.3) is 0 Å². The van der Waals surface area contributed by atoms with Gasteiger partial charge in [-0.15, -0.1) is 0 Å². The Hall–Kier alpha value is -2.69. The molecule has 0 unspecified atom stereocenters. The molecule has 1 amide bonds. The van der Waals surface area contributed by atoms with Gasteiger partial charge in [-0.3, -0.25) is 4.79 Å². The highest BCUT2D eigenvalue weighted by atomic mass is 19.1. The number of ether oxygens (including phenoxy) is 1. The molecule has 2 rings (SSSR count). The minimum Gasteiger partial charge on any atom is -0.449 e. The van der Waals surface area contributed by atoms with Crippen molar-refractivity contribution < 1.29 is 18.7 Å². The van der Waals surface area contributed by atoms with E-state index in [1.165, 1.54) is 25.1 Å². The third-order valence-electron chi connectivity index (χ3n) is 3.60. The maximum atomic E-state index is 13.5. The Bertz CT molecular complexity index is 726. The van der Waals surface area contributed by atoms with E-state index in [0.29, 0.717) is 11.5 Å². The van der Waals surface area contributed by atoms with Crippen LogP contribution in [0.1, 0.15) is 42.6 Å². The Morgan fingerprint density at radius 3 is 2.21 bits per heavy atom. The van der Waals surface area contributed by atoms with E-state index in [0.717, 1.165) is 5.56 Å². The summed E-state index contributed by atoms with van der Waals surface area (Å²) in [5.41, 5.74) is 1.52. The smallest absolute Gasteiger partial charge is 0.338 e. The van der Waals surface area contributed by atoms with Crippen LogP contribution in [-0.4, -0.2) is 18.0 Å². The van der Waals surface area contributed by atoms with Crippen LogP contribution in [0.5, 0.6) is 0 Å². The third kappa shape index (κ3) is 4.41. The van der Waals surface area contributed by atoms with Gasteiger partial charge in [-0.25, -0.2) is 9.18 Å². The molecule has 126 valence electrons. The van der Waals surface area contributed by atoms with Gasteiger partial charge in [-0.05, 0) is 42.7 Å². The summed E-state index contributed by atoms with van der Waals surface area (Å²) in [5, 5.41) is 2.40. The Labute approximate surface area is 140 Å². The lowest BCUT2D eigenvalue weighted by Gasteiger charge is -2.14. The molecule has 0 bridgehead atoms. The molecule has 1 N–H and O–H groups in total. The van der Waals surface area contributed by atoms with Crippen LogP contribution in [-0.2, 0) is 9.53 Å². The maximum Gasteiger partial charge on any atom is 0.338 e. The number of hydrogen-bond donors (Lipinski definition) is 1. The number of esters is 1. The van der Waals surface area contributed by atoms with Crippen molar-refractivity contribution >= 4 is 17.6 Å². The third-order valence-corrected chi connectivity index (χ3v) is 3.60. The molecule has 0 saturated heterocycles. The number of hydrogen-bond acceptors (Lipinski definition) is 3. The maximum absolute atomic E-state index is 13.5. The molecule has 0 aliphatic rings.